The monoisotopic (exact) mass is 355 g/mol. The molecule has 0 bridgehead atoms. The van der Waals surface area contributed by atoms with Crippen molar-refractivity contribution in [1.29, 1.82) is 0 Å². The number of urea groups is 1. The second-order valence-corrected chi connectivity index (χ2v) is 6.94. The Balaban J connectivity index is 1.42. The van der Waals surface area contributed by atoms with Crippen molar-refractivity contribution in [1.82, 2.24) is 10.2 Å². The summed E-state index contributed by atoms with van der Waals surface area (Å²) in [4.78, 5) is 14.2. The van der Waals surface area contributed by atoms with Gasteiger partial charge in [-0.3, -0.25) is 0 Å². The lowest BCUT2D eigenvalue weighted by molar-refractivity contribution is 0.170. The number of rotatable bonds is 5. The number of carbonyl (C=O) groups is 1. The Morgan fingerprint density at radius 3 is 2.42 bits per heavy atom. The number of hydrogen-bond donors (Lipinski definition) is 2. The third-order valence-electron chi connectivity index (χ3n) is 5.02. The fourth-order valence-corrected chi connectivity index (χ4v) is 3.42. The fraction of sp³-hybridized carbons (Fsp3) is 0.381. The summed E-state index contributed by atoms with van der Waals surface area (Å²) in [5, 5.41) is 2.98. The van der Waals surface area contributed by atoms with Crippen molar-refractivity contribution in [2.75, 3.05) is 13.1 Å². The third kappa shape index (κ3) is 5.05. The molecular formula is C21H26FN3O. The maximum absolute atomic E-state index is 13.3. The van der Waals surface area contributed by atoms with Crippen molar-refractivity contribution in [2.45, 2.75) is 32.4 Å². The topological polar surface area (TPSA) is 58.4 Å². The summed E-state index contributed by atoms with van der Waals surface area (Å²) in [5.74, 6) is 0.323. The van der Waals surface area contributed by atoms with Gasteiger partial charge in [-0.15, -0.1) is 0 Å². The maximum atomic E-state index is 13.3. The number of nitrogens with one attached hydrogen (secondary N) is 1. The molecule has 2 amide bonds. The van der Waals surface area contributed by atoms with Crippen LogP contribution in [0.4, 0.5) is 9.18 Å². The van der Waals surface area contributed by atoms with Crippen LogP contribution in [0.25, 0.3) is 0 Å². The van der Waals surface area contributed by atoms with Crippen molar-refractivity contribution in [2.24, 2.45) is 11.7 Å². The van der Waals surface area contributed by atoms with Crippen molar-refractivity contribution in [3.8, 4) is 0 Å². The summed E-state index contributed by atoms with van der Waals surface area (Å²) >= 11 is 0. The molecule has 0 spiro atoms. The van der Waals surface area contributed by atoms with Gasteiger partial charge in [-0.1, -0.05) is 36.4 Å². The minimum Gasteiger partial charge on any atom is -0.334 e. The van der Waals surface area contributed by atoms with Crippen LogP contribution in [-0.4, -0.2) is 24.0 Å². The van der Waals surface area contributed by atoms with Crippen LogP contribution in [0.15, 0.2) is 48.5 Å². The predicted octanol–water partition coefficient (Wildman–Crippen LogP) is 3.45. The Morgan fingerprint density at radius 1 is 1.08 bits per heavy atom. The summed E-state index contributed by atoms with van der Waals surface area (Å²) in [6.45, 7) is 2.54. The van der Waals surface area contributed by atoms with Gasteiger partial charge in [0.15, 0.2) is 0 Å². The molecular weight excluding hydrogens is 329 g/mol. The molecule has 138 valence electrons. The Bertz CT molecular complexity index is 724. The van der Waals surface area contributed by atoms with Crippen molar-refractivity contribution < 1.29 is 9.18 Å². The number of piperidine rings is 1. The van der Waals surface area contributed by atoms with E-state index in [1.165, 1.54) is 6.07 Å². The molecule has 3 rings (SSSR count). The third-order valence-corrected chi connectivity index (χ3v) is 5.02. The Hall–Kier alpha value is -2.40. The van der Waals surface area contributed by atoms with E-state index in [0.29, 0.717) is 19.0 Å². The van der Waals surface area contributed by atoms with E-state index in [1.807, 2.05) is 35.2 Å². The molecule has 2 aromatic carbocycles. The van der Waals surface area contributed by atoms with E-state index in [0.717, 1.165) is 49.0 Å². The molecule has 0 aromatic heterocycles. The van der Waals surface area contributed by atoms with Crippen molar-refractivity contribution >= 4 is 6.03 Å². The number of likely N-dealkylation sites (tertiary alicyclic amines) is 1. The second kappa shape index (κ2) is 8.81. The summed E-state index contributed by atoms with van der Waals surface area (Å²) in [5.41, 5.74) is 8.78. The van der Waals surface area contributed by atoms with Crippen LogP contribution < -0.4 is 11.1 Å². The van der Waals surface area contributed by atoms with Gasteiger partial charge in [0.2, 0.25) is 0 Å². The van der Waals surface area contributed by atoms with Gasteiger partial charge in [0.1, 0.15) is 5.82 Å². The number of nitrogens with two attached hydrogens (primary N) is 1. The van der Waals surface area contributed by atoms with E-state index in [1.54, 1.807) is 12.1 Å². The standard InChI is InChI=1S/C21H26FN3O/c22-20-3-1-2-19(13-20)12-16-8-10-25(11-9-16)21(26)24-15-18-6-4-17(14-23)5-7-18/h1-7,13,16H,8-12,14-15,23H2,(H,24,26). The van der Waals surface area contributed by atoms with Crippen LogP contribution >= 0.6 is 0 Å². The molecule has 0 atom stereocenters. The highest BCUT2D eigenvalue weighted by Crippen LogP contribution is 2.22. The van der Waals surface area contributed by atoms with Crippen LogP contribution in [0.3, 0.4) is 0 Å². The fourth-order valence-electron chi connectivity index (χ4n) is 3.42. The minimum atomic E-state index is -0.182. The van der Waals surface area contributed by atoms with E-state index in [2.05, 4.69) is 5.32 Å². The average Bonchev–Trinajstić information content (AvgIpc) is 2.67. The number of carbonyl (C=O) groups excluding carboxylic acids is 1. The average molecular weight is 355 g/mol. The molecule has 2 aromatic rings. The van der Waals surface area contributed by atoms with E-state index in [9.17, 15) is 9.18 Å². The molecule has 1 saturated heterocycles. The number of nitrogens with zero attached hydrogens (tertiary/aromatic N) is 1. The largest absolute Gasteiger partial charge is 0.334 e. The van der Waals surface area contributed by atoms with Crippen LogP contribution in [0, 0.1) is 11.7 Å². The molecule has 1 aliphatic heterocycles. The van der Waals surface area contributed by atoms with E-state index >= 15 is 0 Å². The molecule has 4 nitrogen and oxygen atoms in total. The Kier molecular flexibility index (Phi) is 6.23. The second-order valence-electron chi connectivity index (χ2n) is 6.94. The van der Waals surface area contributed by atoms with Gasteiger partial charge in [-0.25, -0.2) is 9.18 Å². The zero-order valence-electron chi connectivity index (χ0n) is 15.0. The first-order valence-electron chi connectivity index (χ1n) is 9.19. The Labute approximate surface area is 154 Å². The minimum absolute atomic E-state index is 0.0166. The van der Waals surface area contributed by atoms with E-state index in [-0.39, 0.29) is 11.8 Å². The predicted molar refractivity (Wildman–Crippen MR) is 101 cm³/mol. The first kappa shape index (κ1) is 18.4. The lowest BCUT2D eigenvalue weighted by Crippen LogP contribution is -2.44. The zero-order chi connectivity index (χ0) is 18.4. The summed E-state index contributed by atoms with van der Waals surface area (Å²) in [7, 11) is 0. The summed E-state index contributed by atoms with van der Waals surface area (Å²) in [6.07, 6.45) is 2.78. The van der Waals surface area contributed by atoms with Gasteiger partial charge in [-0.05, 0) is 54.0 Å². The molecule has 0 radical (unpaired) electrons. The maximum Gasteiger partial charge on any atom is 0.317 e. The van der Waals surface area contributed by atoms with E-state index < -0.39 is 0 Å². The van der Waals surface area contributed by atoms with Crippen LogP contribution in [0.2, 0.25) is 0 Å². The first-order chi connectivity index (χ1) is 12.6. The summed E-state index contributed by atoms with van der Waals surface area (Å²) in [6, 6.07) is 14.7. The molecule has 1 aliphatic rings. The number of hydrogen-bond acceptors (Lipinski definition) is 2. The highest BCUT2D eigenvalue weighted by Gasteiger charge is 2.22. The smallest absolute Gasteiger partial charge is 0.317 e. The van der Waals surface area contributed by atoms with Crippen molar-refractivity contribution in [3.05, 3.63) is 71.0 Å². The van der Waals surface area contributed by atoms with Gasteiger partial charge >= 0.3 is 6.03 Å². The molecule has 0 unspecified atom stereocenters. The molecule has 0 saturated carbocycles. The number of amides is 2. The van der Waals surface area contributed by atoms with Crippen LogP contribution in [-0.2, 0) is 19.5 Å². The van der Waals surface area contributed by atoms with E-state index in [4.69, 9.17) is 5.73 Å². The molecule has 26 heavy (non-hydrogen) atoms. The highest BCUT2D eigenvalue weighted by molar-refractivity contribution is 5.74. The van der Waals surface area contributed by atoms with Gasteiger partial charge < -0.3 is 16.0 Å². The van der Waals surface area contributed by atoms with Crippen LogP contribution in [0.5, 0.6) is 0 Å². The van der Waals surface area contributed by atoms with Crippen LogP contribution in [0.1, 0.15) is 29.5 Å². The molecule has 0 aliphatic carbocycles. The van der Waals surface area contributed by atoms with Gasteiger partial charge in [-0.2, -0.15) is 0 Å². The number of halogens is 1. The lowest BCUT2D eigenvalue weighted by atomic mass is 9.90. The molecule has 5 heteroatoms. The first-order valence-corrected chi connectivity index (χ1v) is 9.19. The number of benzene rings is 2. The van der Waals surface area contributed by atoms with Gasteiger partial charge in [0, 0.05) is 26.2 Å². The Morgan fingerprint density at radius 2 is 1.77 bits per heavy atom. The zero-order valence-corrected chi connectivity index (χ0v) is 15.0. The van der Waals surface area contributed by atoms with Gasteiger partial charge in [0.25, 0.3) is 0 Å². The quantitative estimate of drug-likeness (QED) is 0.863. The van der Waals surface area contributed by atoms with Crippen molar-refractivity contribution in [3.63, 3.8) is 0 Å². The molecule has 3 N–H and O–H groups in total. The normalized spacial score (nSPS) is 15.1. The lowest BCUT2D eigenvalue weighted by Gasteiger charge is -2.32. The van der Waals surface area contributed by atoms with Gasteiger partial charge in [0.05, 0.1) is 0 Å². The highest BCUT2D eigenvalue weighted by atomic mass is 19.1. The molecule has 1 fully saturated rings. The summed E-state index contributed by atoms with van der Waals surface area (Å²) < 4.78 is 13.3. The molecule has 1 heterocycles. The SMILES string of the molecule is NCc1ccc(CNC(=O)N2CCC(Cc3cccc(F)c3)CC2)cc1.